The molecule has 1 fully saturated rings. The Morgan fingerprint density at radius 1 is 0.929 bits per heavy atom. The molecule has 3 N–H and O–H groups in total. The van der Waals surface area contributed by atoms with E-state index < -0.39 is 22.2 Å². The summed E-state index contributed by atoms with van der Waals surface area (Å²) in [5, 5.41) is 10.5. The number of rotatable bonds is 8. The summed E-state index contributed by atoms with van der Waals surface area (Å²) in [4.78, 5) is 26.1. The van der Waals surface area contributed by atoms with Gasteiger partial charge in [0.05, 0.1) is 16.3 Å². The highest BCUT2D eigenvalue weighted by molar-refractivity contribution is 7.92. The van der Waals surface area contributed by atoms with Crippen LogP contribution < -0.4 is 14.9 Å². The normalized spacial score (nSPS) is 14.0. The van der Waals surface area contributed by atoms with Crippen LogP contribution in [0, 0.1) is 0 Å². The predicted octanol–water partition coefficient (Wildman–Crippen LogP) is 5.56. The molecule has 4 rings (SSSR count). The number of nitrogens with one attached hydrogen (secondary N) is 2. The second kappa shape index (κ2) is 14.4. The number of para-hydroxylation sites is 2. The van der Waals surface area contributed by atoms with Crippen LogP contribution in [0.25, 0.3) is 0 Å². The van der Waals surface area contributed by atoms with Gasteiger partial charge in [-0.3, -0.25) is 14.4 Å². The van der Waals surface area contributed by atoms with Crippen LogP contribution >= 0.6 is 11.6 Å². The maximum atomic E-state index is 13.1. The van der Waals surface area contributed by atoms with Crippen LogP contribution in [0.15, 0.2) is 77.7 Å². The Morgan fingerprint density at radius 2 is 1.50 bits per heavy atom. The molecule has 1 saturated heterocycles. The van der Waals surface area contributed by atoms with E-state index in [2.05, 4.69) is 26.8 Å². The van der Waals surface area contributed by atoms with E-state index in [1.54, 1.807) is 30.3 Å². The number of hydrogen-bond acceptors (Lipinski definition) is 6. The summed E-state index contributed by atoms with van der Waals surface area (Å²) in [5.74, 6) is -3.09. The van der Waals surface area contributed by atoms with Gasteiger partial charge in [0.15, 0.2) is 0 Å². The van der Waals surface area contributed by atoms with Crippen LogP contribution in [0.5, 0.6) is 0 Å². The van der Waals surface area contributed by atoms with Gasteiger partial charge < -0.3 is 15.3 Å². The number of carbonyl (C=O) groups excluding carboxylic acids is 1. The van der Waals surface area contributed by atoms with Crippen LogP contribution in [-0.4, -0.2) is 69.2 Å². The Kier molecular flexibility index (Phi) is 11.2. The summed E-state index contributed by atoms with van der Waals surface area (Å²) in [6, 6.07) is 20.1. The van der Waals surface area contributed by atoms with Crippen LogP contribution in [0.2, 0.25) is 5.02 Å². The summed E-state index contributed by atoms with van der Waals surface area (Å²) < 4.78 is 60.7. The minimum atomic E-state index is -5.08. The number of halogens is 4. The van der Waals surface area contributed by atoms with Crippen molar-refractivity contribution in [3.8, 4) is 0 Å². The molecule has 1 aliphatic heterocycles. The molecule has 0 spiro atoms. The lowest BCUT2D eigenvalue weighted by atomic mass is 10.2. The van der Waals surface area contributed by atoms with Crippen molar-refractivity contribution in [1.82, 2.24) is 4.90 Å². The smallest absolute Gasteiger partial charge is 0.475 e. The summed E-state index contributed by atoms with van der Waals surface area (Å²) in [6.07, 6.45) is -3.96. The number of benzene rings is 3. The van der Waals surface area contributed by atoms with Crippen LogP contribution in [0.4, 0.5) is 30.2 Å². The van der Waals surface area contributed by atoms with Gasteiger partial charge in [0.2, 0.25) is 0 Å². The van der Waals surface area contributed by atoms with Gasteiger partial charge in [-0.25, -0.2) is 13.2 Å². The first-order chi connectivity index (χ1) is 19.8. The third-order valence-corrected chi connectivity index (χ3v) is 7.81. The Hall–Kier alpha value is -3.81. The maximum absolute atomic E-state index is 13.1. The first-order valence-electron chi connectivity index (χ1n) is 12.9. The number of hydrogen-bond donors (Lipinski definition) is 3. The number of nitrogens with zero attached hydrogens (tertiary/aromatic N) is 2. The van der Waals surface area contributed by atoms with Gasteiger partial charge in [-0.15, -0.1) is 0 Å². The van der Waals surface area contributed by atoms with Gasteiger partial charge in [0.1, 0.15) is 0 Å². The third kappa shape index (κ3) is 9.36. The molecule has 0 saturated carbocycles. The quantitative estimate of drug-likeness (QED) is 0.300. The molecule has 226 valence electrons. The number of piperazine rings is 1. The van der Waals surface area contributed by atoms with Crippen molar-refractivity contribution >= 4 is 50.6 Å². The monoisotopic (exact) mass is 626 g/mol. The van der Waals surface area contributed by atoms with E-state index in [0.29, 0.717) is 22.0 Å². The van der Waals surface area contributed by atoms with Crippen molar-refractivity contribution in [3.05, 3.63) is 83.4 Å². The summed E-state index contributed by atoms with van der Waals surface area (Å²) in [7, 11) is -3.83. The van der Waals surface area contributed by atoms with Crippen molar-refractivity contribution in [2.24, 2.45) is 0 Å². The zero-order valence-electron chi connectivity index (χ0n) is 22.6. The van der Waals surface area contributed by atoms with Crippen molar-refractivity contribution in [1.29, 1.82) is 0 Å². The van der Waals surface area contributed by atoms with Crippen LogP contribution in [0.1, 0.15) is 23.7 Å². The van der Waals surface area contributed by atoms with E-state index in [-0.39, 0.29) is 10.8 Å². The summed E-state index contributed by atoms with van der Waals surface area (Å²) in [6.45, 7) is 6.85. The Morgan fingerprint density at radius 3 is 2.05 bits per heavy atom. The first-order valence-corrected chi connectivity index (χ1v) is 14.7. The van der Waals surface area contributed by atoms with Crippen molar-refractivity contribution in [3.63, 3.8) is 0 Å². The molecule has 3 aromatic rings. The molecule has 1 amide bonds. The number of sulfonamides is 1. The summed E-state index contributed by atoms with van der Waals surface area (Å²) in [5.41, 5.74) is 2.36. The number of anilines is 3. The van der Waals surface area contributed by atoms with Gasteiger partial charge >= 0.3 is 12.1 Å². The fraction of sp³-hybridized carbons (Fsp3) is 0.286. The Balaban J connectivity index is 0.000000616. The zero-order valence-corrected chi connectivity index (χ0v) is 24.1. The SMILES string of the molecule is CCCN1CCN(c2ccccc2NS(=O)(=O)c2ccc(C(=O)Nc3ccc(Cl)cc3)cc2)CC1.O=C(O)C(F)(F)F. The van der Waals surface area contributed by atoms with Gasteiger partial charge in [-0.05, 0) is 73.6 Å². The van der Waals surface area contributed by atoms with E-state index in [9.17, 15) is 26.4 Å². The van der Waals surface area contributed by atoms with Crippen molar-refractivity contribution in [2.75, 3.05) is 47.7 Å². The molecule has 9 nitrogen and oxygen atoms in total. The number of carboxylic acid groups (broad SMARTS) is 1. The predicted molar refractivity (Wildman–Crippen MR) is 156 cm³/mol. The van der Waals surface area contributed by atoms with Gasteiger partial charge in [-0.2, -0.15) is 13.2 Å². The minimum Gasteiger partial charge on any atom is -0.475 e. The van der Waals surface area contributed by atoms with Crippen LogP contribution in [0.3, 0.4) is 0 Å². The molecular weight excluding hydrogens is 597 g/mol. The molecule has 0 aromatic heterocycles. The number of alkyl halides is 3. The molecule has 1 aliphatic rings. The number of carbonyl (C=O) groups is 2. The van der Waals surface area contributed by atoms with E-state index in [1.807, 2.05) is 18.2 Å². The number of amides is 1. The highest BCUT2D eigenvalue weighted by atomic mass is 35.5. The fourth-order valence-corrected chi connectivity index (χ4v) is 5.29. The van der Waals surface area contributed by atoms with Gasteiger partial charge in [-0.1, -0.05) is 30.7 Å². The Labute approximate surface area is 246 Å². The molecule has 0 unspecified atom stereocenters. The average molecular weight is 627 g/mol. The molecule has 0 radical (unpaired) electrons. The van der Waals surface area contributed by atoms with E-state index in [0.717, 1.165) is 44.8 Å². The third-order valence-electron chi connectivity index (χ3n) is 6.17. The lowest BCUT2D eigenvalue weighted by Crippen LogP contribution is -2.46. The fourth-order valence-electron chi connectivity index (χ4n) is 4.09. The van der Waals surface area contributed by atoms with Crippen LogP contribution in [-0.2, 0) is 14.8 Å². The van der Waals surface area contributed by atoms with Crippen molar-refractivity contribution < 1.29 is 36.3 Å². The number of carboxylic acids is 1. The highest BCUT2D eigenvalue weighted by Crippen LogP contribution is 2.29. The van der Waals surface area contributed by atoms with Crippen molar-refractivity contribution in [2.45, 2.75) is 24.4 Å². The second-order valence-corrected chi connectivity index (χ2v) is 11.4. The highest BCUT2D eigenvalue weighted by Gasteiger charge is 2.38. The maximum Gasteiger partial charge on any atom is 0.490 e. The standard InChI is InChI=1S/C26H29ClN4O3S.C2HF3O2/c1-2-15-30-16-18-31(19-17-30)25-6-4-3-5-24(25)29-35(33,34)23-13-7-20(8-14-23)26(32)28-22-11-9-21(27)10-12-22;3-2(4,5)1(6)7/h3-14,29H,2,15-19H2,1H3,(H,28,32);(H,6,7). The molecule has 14 heteroatoms. The molecule has 0 atom stereocenters. The first kappa shape index (κ1) is 32.7. The molecule has 42 heavy (non-hydrogen) atoms. The van der Waals surface area contributed by atoms with E-state index in [4.69, 9.17) is 21.5 Å². The lowest BCUT2D eigenvalue weighted by molar-refractivity contribution is -0.192. The molecule has 1 heterocycles. The number of aliphatic carboxylic acids is 1. The molecule has 0 aliphatic carbocycles. The zero-order chi connectivity index (χ0) is 30.9. The molecule has 3 aromatic carbocycles. The van der Waals surface area contributed by atoms with E-state index >= 15 is 0 Å². The second-order valence-electron chi connectivity index (χ2n) is 9.24. The average Bonchev–Trinajstić information content (AvgIpc) is 2.95. The van der Waals surface area contributed by atoms with E-state index in [1.165, 1.54) is 24.3 Å². The topological polar surface area (TPSA) is 119 Å². The minimum absolute atomic E-state index is 0.0862. The summed E-state index contributed by atoms with van der Waals surface area (Å²) >= 11 is 5.87. The lowest BCUT2D eigenvalue weighted by Gasteiger charge is -2.36. The largest absolute Gasteiger partial charge is 0.490 e. The molecule has 0 bridgehead atoms. The molecular formula is C28H30ClF3N4O5S. The van der Waals surface area contributed by atoms with Gasteiger partial charge in [0.25, 0.3) is 15.9 Å². The van der Waals surface area contributed by atoms with Gasteiger partial charge in [0, 0.05) is 42.5 Å². The Bertz CT molecular complexity index is 1460.